The van der Waals surface area contributed by atoms with E-state index in [1.54, 1.807) is 0 Å². The molecule has 2 unspecified atom stereocenters. The van der Waals surface area contributed by atoms with E-state index in [0.717, 1.165) is 49.4 Å². The summed E-state index contributed by atoms with van der Waals surface area (Å²) in [6.07, 6.45) is 2.24. The van der Waals surface area contributed by atoms with Crippen molar-refractivity contribution in [2.24, 2.45) is 5.92 Å². The van der Waals surface area contributed by atoms with E-state index in [1.807, 2.05) is 0 Å². The molecule has 1 aliphatic heterocycles. The lowest BCUT2D eigenvalue weighted by molar-refractivity contribution is 0.166. The summed E-state index contributed by atoms with van der Waals surface area (Å²) in [6, 6.07) is 6.58. The highest BCUT2D eigenvalue weighted by Crippen LogP contribution is 2.29. The molecule has 0 bridgehead atoms. The molecule has 2 rings (SSSR count). The summed E-state index contributed by atoms with van der Waals surface area (Å²) < 4.78 is 12.5. The maximum absolute atomic E-state index is 6.05. The summed E-state index contributed by atoms with van der Waals surface area (Å²) in [7, 11) is 0. The van der Waals surface area contributed by atoms with Crippen molar-refractivity contribution in [3.05, 3.63) is 28.2 Å². The van der Waals surface area contributed by atoms with Crippen LogP contribution in [0.15, 0.2) is 22.7 Å². The summed E-state index contributed by atoms with van der Waals surface area (Å²) in [5, 5.41) is 3.52. The summed E-state index contributed by atoms with van der Waals surface area (Å²) in [6.45, 7) is 7.82. The van der Waals surface area contributed by atoms with Crippen LogP contribution in [0.2, 0.25) is 0 Å². The lowest BCUT2D eigenvalue weighted by atomic mass is 10.1. The standard InChI is InChI=1S/C16H24BrNO2/c1-3-7-18-12(2)15-5-4-14(17)9-16(15)20-11-13-6-8-19-10-13/h4-5,9,12-13,18H,3,6-8,10-11H2,1-2H3. The van der Waals surface area contributed by atoms with Gasteiger partial charge in [-0.15, -0.1) is 0 Å². The fraction of sp³-hybridized carbons (Fsp3) is 0.625. The molecule has 1 N–H and O–H groups in total. The number of halogens is 1. The molecule has 3 nitrogen and oxygen atoms in total. The average Bonchev–Trinajstić information content (AvgIpc) is 2.96. The van der Waals surface area contributed by atoms with Gasteiger partial charge in [0.15, 0.2) is 0 Å². The normalized spacial score (nSPS) is 20.1. The maximum Gasteiger partial charge on any atom is 0.125 e. The van der Waals surface area contributed by atoms with Gasteiger partial charge in [0.05, 0.1) is 13.2 Å². The Morgan fingerprint density at radius 3 is 3.05 bits per heavy atom. The van der Waals surface area contributed by atoms with Crippen LogP contribution in [0.3, 0.4) is 0 Å². The number of rotatable bonds is 7. The first-order valence-electron chi connectivity index (χ1n) is 7.44. The van der Waals surface area contributed by atoms with Crippen molar-refractivity contribution in [2.45, 2.75) is 32.7 Å². The molecular weight excluding hydrogens is 318 g/mol. The van der Waals surface area contributed by atoms with E-state index < -0.39 is 0 Å². The first-order valence-corrected chi connectivity index (χ1v) is 8.23. The molecule has 0 amide bonds. The molecule has 1 aliphatic rings. The quantitative estimate of drug-likeness (QED) is 0.815. The highest BCUT2D eigenvalue weighted by Gasteiger charge is 2.18. The van der Waals surface area contributed by atoms with Crippen molar-refractivity contribution >= 4 is 15.9 Å². The summed E-state index contributed by atoms with van der Waals surface area (Å²) in [4.78, 5) is 0. The van der Waals surface area contributed by atoms with Crippen LogP contribution in [0.5, 0.6) is 5.75 Å². The summed E-state index contributed by atoms with van der Waals surface area (Å²) in [5.74, 6) is 1.50. The Morgan fingerprint density at radius 2 is 2.35 bits per heavy atom. The van der Waals surface area contributed by atoms with Gasteiger partial charge in [0.1, 0.15) is 5.75 Å². The van der Waals surface area contributed by atoms with Crippen LogP contribution in [-0.4, -0.2) is 26.4 Å². The zero-order valence-corrected chi connectivity index (χ0v) is 13.9. The predicted molar refractivity (Wildman–Crippen MR) is 85.3 cm³/mol. The van der Waals surface area contributed by atoms with Gasteiger partial charge in [-0.05, 0) is 38.4 Å². The molecule has 20 heavy (non-hydrogen) atoms. The monoisotopic (exact) mass is 341 g/mol. The molecule has 0 aliphatic carbocycles. The maximum atomic E-state index is 6.05. The fourth-order valence-electron chi connectivity index (χ4n) is 2.38. The minimum atomic E-state index is 0.304. The largest absolute Gasteiger partial charge is 0.493 e. The molecule has 0 saturated carbocycles. The van der Waals surface area contributed by atoms with Crippen LogP contribution in [0, 0.1) is 5.92 Å². The van der Waals surface area contributed by atoms with Gasteiger partial charge in [-0.2, -0.15) is 0 Å². The molecule has 1 saturated heterocycles. The Labute approximate surface area is 130 Å². The lowest BCUT2D eigenvalue weighted by Crippen LogP contribution is -2.20. The summed E-state index contributed by atoms with van der Waals surface area (Å²) in [5.41, 5.74) is 1.22. The third-order valence-corrected chi connectivity index (χ3v) is 4.13. The minimum absolute atomic E-state index is 0.304. The van der Waals surface area contributed by atoms with E-state index in [9.17, 15) is 0 Å². The number of nitrogens with one attached hydrogen (secondary N) is 1. The number of benzene rings is 1. The van der Waals surface area contributed by atoms with E-state index in [4.69, 9.17) is 9.47 Å². The van der Waals surface area contributed by atoms with Crippen LogP contribution in [0.4, 0.5) is 0 Å². The van der Waals surface area contributed by atoms with Gasteiger partial charge in [-0.1, -0.05) is 28.9 Å². The molecule has 0 radical (unpaired) electrons. The second-order valence-corrected chi connectivity index (χ2v) is 6.31. The van der Waals surface area contributed by atoms with Crippen molar-refractivity contribution in [1.29, 1.82) is 0 Å². The highest BCUT2D eigenvalue weighted by atomic mass is 79.9. The van der Waals surface area contributed by atoms with E-state index in [1.165, 1.54) is 5.56 Å². The van der Waals surface area contributed by atoms with Crippen LogP contribution >= 0.6 is 15.9 Å². The van der Waals surface area contributed by atoms with Gasteiger partial charge in [0.2, 0.25) is 0 Å². The molecule has 1 heterocycles. The molecular formula is C16H24BrNO2. The highest BCUT2D eigenvalue weighted by molar-refractivity contribution is 9.10. The lowest BCUT2D eigenvalue weighted by Gasteiger charge is -2.19. The Morgan fingerprint density at radius 1 is 1.50 bits per heavy atom. The number of hydrogen-bond donors (Lipinski definition) is 1. The van der Waals surface area contributed by atoms with Gasteiger partial charge in [-0.25, -0.2) is 0 Å². The van der Waals surface area contributed by atoms with Crippen molar-refractivity contribution < 1.29 is 9.47 Å². The van der Waals surface area contributed by atoms with E-state index in [-0.39, 0.29) is 0 Å². The van der Waals surface area contributed by atoms with Crippen LogP contribution in [0.1, 0.15) is 38.3 Å². The molecule has 1 fully saturated rings. The van der Waals surface area contributed by atoms with Crippen molar-refractivity contribution in [2.75, 3.05) is 26.4 Å². The van der Waals surface area contributed by atoms with E-state index >= 15 is 0 Å². The zero-order chi connectivity index (χ0) is 14.4. The molecule has 112 valence electrons. The molecule has 4 heteroatoms. The second-order valence-electron chi connectivity index (χ2n) is 5.40. The molecule has 1 aromatic rings. The van der Waals surface area contributed by atoms with Gasteiger partial charge < -0.3 is 14.8 Å². The number of hydrogen-bond acceptors (Lipinski definition) is 3. The zero-order valence-electron chi connectivity index (χ0n) is 12.3. The third kappa shape index (κ3) is 4.47. The van der Waals surface area contributed by atoms with Crippen molar-refractivity contribution in [3.63, 3.8) is 0 Å². The third-order valence-electron chi connectivity index (χ3n) is 3.64. The first kappa shape index (κ1) is 15.8. The Hall–Kier alpha value is -0.580. The molecule has 2 atom stereocenters. The predicted octanol–water partition coefficient (Wildman–Crippen LogP) is 3.93. The Kier molecular flexibility index (Phi) is 6.33. The fourth-order valence-corrected chi connectivity index (χ4v) is 2.72. The molecule has 0 spiro atoms. The first-order chi connectivity index (χ1) is 9.70. The van der Waals surface area contributed by atoms with E-state index in [2.05, 4.69) is 53.3 Å². The summed E-state index contributed by atoms with van der Waals surface area (Å²) >= 11 is 3.53. The molecule has 0 aromatic heterocycles. The SMILES string of the molecule is CCCNC(C)c1ccc(Br)cc1OCC1CCOC1. The number of ether oxygens (including phenoxy) is 2. The van der Waals surface area contributed by atoms with Gasteiger partial charge in [0.25, 0.3) is 0 Å². The van der Waals surface area contributed by atoms with Crippen LogP contribution in [-0.2, 0) is 4.74 Å². The average molecular weight is 342 g/mol. The topological polar surface area (TPSA) is 30.5 Å². The Bertz CT molecular complexity index is 419. The van der Waals surface area contributed by atoms with Crippen molar-refractivity contribution in [3.8, 4) is 5.75 Å². The Balaban J connectivity index is 2.02. The molecule has 1 aromatic carbocycles. The van der Waals surface area contributed by atoms with Gasteiger partial charge in [-0.3, -0.25) is 0 Å². The minimum Gasteiger partial charge on any atom is -0.493 e. The smallest absolute Gasteiger partial charge is 0.125 e. The van der Waals surface area contributed by atoms with Gasteiger partial charge in [0, 0.05) is 28.6 Å². The van der Waals surface area contributed by atoms with Crippen LogP contribution < -0.4 is 10.1 Å². The second kappa shape index (κ2) is 8.01. The van der Waals surface area contributed by atoms with Crippen LogP contribution in [0.25, 0.3) is 0 Å². The van der Waals surface area contributed by atoms with E-state index in [0.29, 0.717) is 12.0 Å². The van der Waals surface area contributed by atoms with Crippen molar-refractivity contribution in [1.82, 2.24) is 5.32 Å². The van der Waals surface area contributed by atoms with Gasteiger partial charge >= 0.3 is 0 Å².